The van der Waals surface area contributed by atoms with Gasteiger partial charge in [0.1, 0.15) is 0 Å². The Bertz CT molecular complexity index is 500. The Morgan fingerprint density at radius 3 is 2.76 bits per heavy atom. The summed E-state index contributed by atoms with van der Waals surface area (Å²) in [6.45, 7) is 1.12. The topological polar surface area (TPSA) is 50.9 Å². The van der Waals surface area contributed by atoms with Crippen LogP contribution in [0.25, 0.3) is 0 Å². The van der Waals surface area contributed by atoms with E-state index in [1.807, 2.05) is 36.4 Å². The zero-order valence-corrected chi connectivity index (χ0v) is 10.1. The summed E-state index contributed by atoms with van der Waals surface area (Å²) in [7, 11) is 0. The molecule has 0 aliphatic heterocycles. The first kappa shape index (κ1) is 11.9. The molecular formula is C13H14ClN3. The Labute approximate surface area is 106 Å². The van der Waals surface area contributed by atoms with Gasteiger partial charge in [0, 0.05) is 12.7 Å². The van der Waals surface area contributed by atoms with Crippen LogP contribution in [0.2, 0.25) is 5.02 Å². The molecule has 0 unspecified atom stereocenters. The van der Waals surface area contributed by atoms with E-state index < -0.39 is 0 Å². The molecule has 0 bridgehead atoms. The Balaban J connectivity index is 2.10. The lowest BCUT2D eigenvalue weighted by Crippen LogP contribution is -2.08. The van der Waals surface area contributed by atoms with Gasteiger partial charge in [-0.05, 0) is 23.8 Å². The predicted molar refractivity (Wildman–Crippen MR) is 70.9 cm³/mol. The van der Waals surface area contributed by atoms with E-state index in [1.165, 1.54) is 0 Å². The highest BCUT2D eigenvalue weighted by Gasteiger charge is 2.03. The van der Waals surface area contributed by atoms with E-state index >= 15 is 0 Å². The van der Waals surface area contributed by atoms with E-state index in [0.717, 1.165) is 16.9 Å². The average Bonchev–Trinajstić information content (AvgIpc) is 2.38. The molecule has 0 atom stereocenters. The van der Waals surface area contributed by atoms with Crippen molar-refractivity contribution in [3.63, 3.8) is 0 Å². The second-order valence-corrected chi connectivity index (χ2v) is 4.05. The van der Waals surface area contributed by atoms with Gasteiger partial charge < -0.3 is 11.1 Å². The van der Waals surface area contributed by atoms with Crippen LogP contribution in [0.15, 0.2) is 42.6 Å². The van der Waals surface area contributed by atoms with Crippen LogP contribution in [-0.4, -0.2) is 4.98 Å². The van der Waals surface area contributed by atoms with E-state index in [-0.39, 0.29) is 0 Å². The minimum absolute atomic E-state index is 0.493. The van der Waals surface area contributed by atoms with E-state index in [4.69, 9.17) is 17.3 Å². The van der Waals surface area contributed by atoms with Crippen molar-refractivity contribution in [1.29, 1.82) is 0 Å². The van der Waals surface area contributed by atoms with Crippen LogP contribution in [0, 0.1) is 0 Å². The minimum Gasteiger partial charge on any atom is -0.378 e. The molecule has 1 aromatic carbocycles. The van der Waals surface area contributed by atoms with Gasteiger partial charge in [0.05, 0.1) is 22.9 Å². The Hall–Kier alpha value is -1.58. The van der Waals surface area contributed by atoms with Crippen molar-refractivity contribution in [3.8, 4) is 0 Å². The number of rotatable bonds is 4. The molecule has 4 heteroatoms. The molecule has 17 heavy (non-hydrogen) atoms. The van der Waals surface area contributed by atoms with Gasteiger partial charge in [0.15, 0.2) is 0 Å². The maximum Gasteiger partial charge on any atom is 0.0639 e. The van der Waals surface area contributed by atoms with Crippen molar-refractivity contribution in [2.24, 2.45) is 5.73 Å². The fraction of sp³-hybridized carbons (Fsp3) is 0.154. The van der Waals surface area contributed by atoms with Gasteiger partial charge in [-0.15, -0.1) is 0 Å². The number of aromatic nitrogens is 1. The van der Waals surface area contributed by atoms with Crippen LogP contribution in [0.4, 0.5) is 5.69 Å². The monoisotopic (exact) mass is 247 g/mol. The fourth-order valence-electron chi connectivity index (χ4n) is 1.60. The number of halogens is 1. The van der Waals surface area contributed by atoms with Crippen LogP contribution >= 0.6 is 11.6 Å². The molecule has 0 spiro atoms. The molecule has 0 aliphatic carbocycles. The van der Waals surface area contributed by atoms with Crippen LogP contribution in [-0.2, 0) is 13.1 Å². The van der Waals surface area contributed by atoms with Gasteiger partial charge in [-0.3, -0.25) is 4.98 Å². The third kappa shape index (κ3) is 2.96. The summed E-state index contributed by atoms with van der Waals surface area (Å²) in [6, 6.07) is 11.5. The number of benzene rings is 1. The van der Waals surface area contributed by atoms with Crippen molar-refractivity contribution in [2.45, 2.75) is 13.1 Å². The second kappa shape index (κ2) is 5.66. The zero-order valence-electron chi connectivity index (χ0n) is 9.36. The Morgan fingerprint density at radius 2 is 2.00 bits per heavy atom. The van der Waals surface area contributed by atoms with Gasteiger partial charge in [0.2, 0.25) is 0 Å². The number of nitrogens with zero attached hydrogens (tertiary/aromatic N) is 1. The van der Waals surface area contributed by atoms with Crippen molar-refractivity contribution < 1.29 is 0 Å². The van der Waals surface area contributed by atoms with Crippen LogP contribution in [0.1, 0.15) is 11.3 Å². The lowest BCUT2D eigenvalue weighted by atomic mass is 10.2. The van der Waals surface area contributed by atoms with Gasteiger partial charge in [-0.1, -0.05) is 29.8 Å². The highest BCUT2D eigenvalue weighted by atomic mass is 35.5. The van der Waals surface area contributed by atoms with E-state index in [2.05, 4.69) is 10.3 Å². The third-order valence-corrected chi connectivity index (χ3v) is 2.85. The van der Waals surface area contributed by atoms with Crippen LogP contribution < -0.4 is 11.1 Å². The van der Waals surface area contributed by atoms with E-state index in [9.17, 15) is 0 Å². The number of pyridine rings is 1. The van der Waals surface area contributed by atoms with Gasteiger partial charge in [-0.25, -0.2) is 0 Å². The number of hydrogen-bond acceptors (Lipinski definition) is 3. The lowest BCUT2D eigenvalue weighted by Gasteiger charge is -2.10. The molecule has 0 radical (unpaired) electrons. The molecule has 1 aromatic heterocycles. The molecule has 0 saturated carbocycles. The maximum atomic E-state index is 6.06. The molecule has 0 fully saturated rings. The average molecular weight is 248 g/mol. The molecule has 1 heterocycles. The Kier molecular flexibility index (Phi) is 3.96. The summed E-state index contributed by atoms with van der Waals surface area (Å²) in [5.74, 6) is 0. The van der Waals surface area contributed by atoms with Crippen molar-refractivity contribution >= 4 is 17.3 Å². The number of para-hydroxylation sites is 1. The maximum absolute atomic E-state index is 6.06. The van der Waals surface area contributed by atoms with Gasteiger partial charge in [-0.2, -0.15) is 0 Å². The highest BCUT2D eigenvalue weighted by molar-refractivity contribution is 6.33. The Morgan fingerprint density at radius 1 is 1.18 bits per heavy atom. The first-order chi connectivity index (χ1) is 8.31. The molecule has 3 nitrogen and oxygen atoms in total. The minimum atomic E-state index is 0.493. The number of hydrogen-bond donors (Lipinski definition) is 2. The zero-order chi connectivity index (χ0) is 12.1. The van der Waals surface area contributed by atoms with Crippen LogP contribution in [0.3, 0.4) is 0 Å². The summed E-state index contributed by atoms with van der Waals surface area (Å²) in [5, 5.41) is 3.96. The standard InChI is InChI=1S/C13H14ClN3/c14-11-5-1-2-6-12(11)17-9-13-10(8-15)4-3-7-16-13/h1-7,17H,8-9,15H2. The molecule has 0 saturated heterocycles. The molecule has 0 amide bonds. The van der Waals surface area contributed by atoms with Gasteiger partial charge >= 0.3 is 0 Å². The molecule has 88 valence electrons. The summed E-state index contributed by atoms with van der Waals surface area (Å²) in [6.07, 6.45) is 1.77. The highest BCUT2D eigenvalue weighted by Crippen LogP contribution is 2.21. The van der Waals surface area contributed by atoms with Crippen molar-refractivity contribution in [2.75, 3.05) is 5.32 Å². The SMILES string of the molecule is NCc1cccnc1CNc1ccccc1Cl. The molecule has 0 aliphatic rings. The third-order valence-electron chi connectivity index (χ3n) is 2.52. The first-order valence-corrected chi connectivity index (χ1v) is 5.80. The lowest BCUT2D eigenvalue weighted by molar-refractivity contribution is 0.951. The van der Waals surface area contributed by atoms with E-state index in [0.29, 0.717) is 18.1 Å². The molecule has 2 aromatic rings. The summed E-state index contributed by atoms with van der Waals surface area (Å²) < 4.78 is 0. The summed E-state index contributed by atoms with van der Waals surface area (Å²) >= 11 is 6.06. The number of nitrogens with two attached hydrogens (primary N) is 1. The summed E-state index contributed by atoms with van der Waals surface area (Å²) in [5.41, 5.74) is 8.56. The van der Waals surface area contributed by atoms with Crippen LogP contribution in [0.5, 0.6) is 0 Å². The van der Waals surface area contributed by atoms with Crippen molar-refractivity contribution in [3.05, 3.63) is 58.9 Å². The smallest absolute Gasteiger partial charge is 0.0639 e. The fourth-order valence-corrected chi connectivity index (χ4v) is 1.80. The summed E-state index contributed by atoms with van der Waals surface area (Å²) in [4.78, 5) is 4.31. The normalized spacial score (nSPS) is 10.2. The first-order valence-electron chi connectivity index (χ1n) is 5.42. The second-order valence-electron chi connectivity index (χ2n) is 3.65. The predicted octanol–water partition coefficient (Wildman–Crippen LogP) is 2.81. The number of anilines is 1. The van der Waals surface area contributed by atoms with Gasteiger partial charge in [0.25, 0.3) is 0 Å². The molecular weight excluding hydrogens is 234 g/mol. The quantitative estimate of drug-likeness (QED) is 0.874. The molecule has 3 N–H and O–H groups in total. The van der Waals surface area contributed by atoms with E-state index in [1.54, 1.807) is 6.20 Å². The largest absolute Gasteiger partial charge is 0.378 e. The van der Waals surface area contributed by atoms with Crippen molar-refractivity contribution in [1.82, 2.24) is 4.98 Å². The molecule has 2 rings (SSSR count). The number of nitrogens with one attached hydrogen (secondary N) is 1.